The highest BCUT2D eigenvalue weighted by Gasteiger charge is 2.80. The van der Waals surface area contributed by atoms with Gasteiger partial charge in [-0.2, -0.15) is 35.1 Å². The largest absolute Gasteiger partial charge is 0.478 e. The summed E-state index contributed by atoms with van der Waals surface area (Å²) in [5, 5.41) is 23.5. The first-order chi connectivity index (χ1) is 9.34. The fourth-order valence-electron chi connectivity index (χ4n) is 0.647. The maximum Gasteiger partial charge on any atom is 0.383 e. The van der Waals surface area contributed by atoms with Crippen LogP contribution in [0.4, 0.5) is 35.1 Å². The lowest BCUT2D eigenvalue weighted by Crippen LogP contribution is -2.64. The highest BCUT2D eigenvalue weighted by atomic mass is 19.4. The number of aliphatic hydroxyl groups excluding tert-OH is 1. The zero-order chi connectivity index (χ0) is 18.7. The van der Waals surface area contributed by atoms with Crippen molar-refractivity contribution in [2.45, 2.75) is 43.8 Å². The lowest BCUT2D eigenvalue weighted by atomic mass is 9.99. The lowest BCUT2D eigenvalue weighted by molar-refractivity contribution is -0.394. The van der Waals surface area contributed by atoms with Crippen molar-refractivity contribution >= 4 is 5.97 Å². The number of aliphatic carboxylic acids is 1. The SMILES string of the molecule is C=C(C)C(=O)O.CC(F)(F)C(F)(F)C(F)(F)C(F)(F)C(O)O. The first kappa shape index (κ1) is 22.8. The number of carbonyl (C=O) groups is 1. The van der Waals surface area contributed by atoms with Gasteiger partial charge in [0, 0.05) is 12.5 Å². The van der Waals surface area contributed by atoms with Gasteiger partial charge in [0.2, 0.25) is 6.29 Å². The number of hydrogen-bond acceptors (Lipinski definition) is 3. The highest BCUT2D eigenvalue weighted by Crippen LogP contribution is 2.52. The van der Waals surface area contributed by atoms with Crippen LogP contribution in [0, 0.1) is 0 Å². The summed E-state index contributed by atoms with van der Waals surface area (Å²) in [6, 6.07) is 0. The number of halogens is 8. The van der Waals surface area contributed by atoms with Gasteiger partial charge in [0.15, 0.2) is 0 Å². The summed E-state index contributed by atoms with van der Waals surface area (Å²) < 4.78 is 98.3. The van der Waals surface area contributed by atoms with E-state index in [0.29, 0.717) is 0 Å². The molecule has 0 atom stereocenters. The predicted molar refractivity (Wildman–Crippen MR) is 56.1 cm³/mol. The molecule has 0 aliphatic heterocycles. The van der Waals surface area contributed by atoms with Crippen LogP contribution in [0.3, 0.4) is 0 Å². The molecule has 0 rings (SSSR count). The normalized spacial score (nSPS) is 13.5. The average molecular weight is 348 g/mol. The molecule has 0 aromatic heterocycles. The van der Waals surface area contributed by atoms with Crippen LogP contribution in [0.15, 0.2) is 12.2 Å². The molecule has 0 heterocycles. The summed E-state index contributed by atoms with van der Waals surface area (Å²) in [6.07, 6.45) is -4.20. The molecule has 132 valence electrons. The van der Waals surface area contributed by atoms with Gasteiger partial charge in [0.25, 0.3) is 0 Å². The van der Waals surface area contributed by atoms with Crippen LogP contribution >= 0.6 is 0 Å². The summed E-state index contributed by atoms with van der Waals surface area (Å²) in [4.78, 5) is 9.60. The molecule has 0 unspecified atom stereocenters. The van der Waals surface area contributed by atoms with E-state index in [1.807, 2.05) is 0 Å². The molecule has 12 heteroatoms. The van der Waals surface area contributed by atoms with E-state index in [1.54, 1.807) is 0 Å². The molecular weight excluding hydrogens is 336 g/mol. The number of alkyl halides is 8. The monoisotopic (exact) mass is 348 g/mol. The zero-order valence-electron chi connectivity index (χ0n) is 11.1. The number of rotatable bonds is 5. The van der Waals surface area contributed by atoms with Gasteiger partial charge >= 0.3 is 29.7 Å². The Bertz CT molecular complexity index is 402. The van der Waals surface area contributed by atoms with Crippen molar-refractivity contribution < 1.29 is 55.2 Å². The fraction of sp³-hybridized carbons (Fsp3) is 0.700. The van der Waals surface area contributed by atoms with Crippen LogP contribution in [-0.4, -0.2) is 51.3 Å². The molecule has 0 aromatic rings. The van der Waals surface area contributed by atoms with Crippen molar-refractivity contribution in [3.05, 3.63) is 12.2 Å². The first-order valence-electron chi connectivity index (χ1n) is 5.10. The minimum atomic E-state index is -6.62. The van der Waals surface area contributed by atoms with Crippen molar-refractivity contribution in [3.63, 3.8) is 0 Å². The van der Waals surface area contributed by atoms with Crippen LogP contribution in [0.25, 0.3) is 0 Å². The van der Waals surface area contributed by atoms with Crippen LogP contribution in [-0.2, 0) is 4.79 Å². The van der Waals surface area contributed by atoms with Crippen LogP contribution in [0.5, 0.6) is 0 Å². The van der Waals surface area contributed by atoms with Crippen molar-refractivity contribution in [1.29, 1.82) is 0 Å². The number of carboxylic acid groups (broad SMARTS) is 1. The predicted octanol–water partition coefficient (Wildman–Crippen LogP) is 2.51. The molecule has 0 saturated heterocycles. The lowest BCUT2D eigenvalue weighted by Gasteiger charge is -2.35. The van der Waals surface area contributed by atoms with Gasteiger partial charge in [-0.1, -0.05) is 6.58 Å². The number of aliphatic hydroxyl groups is 2. The third-order valence-electron chi connectivity index (χ3n) is 2.05. The molecule has 0 saturated carbocycles. The summed E-state index contributed by atoms with van der Waals surface area (Å²) >= 11 is 0. The van der Waals surface area contributed by atoms with Gasteiger partial charge in [-0.15, -0.1) is 0 Å². The Labute approximate surface area is 118 Å². The zero-order valence-corrected chi connectivity index (χ0v) is 11.1. The second kappa shape index (κ2) is 6.77. The van der Waals surface area contributed by atoms with Crippen LogP contribution in [0.1, 0.15) is 13.8 Å². The Morgan fingerprint density at radius 2 is 1.23 bits per heavy atom. The molecule has 0 radical (unpaired) electrons. The Kier molecular flexibility index (Phi) is 7.03. The third-order valence-corrected chi connectivity index (χ3v) is 2.05. The average Bonchev–Trinajstić information content (AvgIpc) is 2.27. The van der Waals surface area contributed by atoms with Gasteiger partial charge in [0.05, 0.1) is 0 Å². The first-order valence-corrected chi connectivity index (χ1v) is 5.10. The molecule has 0 spiro atoms. The van der Waals surface area contributed by atoms with Gasteiger partial charge in [-0.05, 0) is 6.92 Å². The van der Waals surface area contributed by atoms with Crippen LogP contribution in [0.2, 0.25) is 0 Å². The van der Waals surface area contributed by atoms with E-state index >= 15 is 0 Å². The fourth-order valence-corrected chi connectivity index (χ4v) is 0.647. The molecule has 0 aliphatic carbocycles. The van der Waals surface area contributed by atoms with E-state index in [-0.39, 0.29) is 5.57 Å². The van der Waals surface area contributed by atoms with E-state index in [9.17, 15) is 39.9 Å². The van der Waals surface area contributed by atoms with E-state index in [0.717, 1.165) is 0 Å². The second-order valence-electron chi connectivity index (χ2n) is 4.12. The van der Waals surface area contributed by atoms with Gasteiger partial charge < -0.3 is 15.3 Å². The molecule has 0 aromatic carbocycles. The smallest absolute Gasteiger partial charge is 0.383 e. The van der Waals surface area contributed by atoms with Gasteiger partial charge in [-0.3, -0.25) is 0 Å². The van der Waals surface area contributed by atoms with Crippen molar-refractivity contribution in [2.24, 2.45) is 0 Å². The standard InChI is InChI=1S/C6H6F8O2.C4H6O2/c1-3(7,8)5(11,12)6(13,14)4(9,10)2(15)16;1-3(2)4(5)6/h2,15-16H,1H3;1H2,2H3,(H,5,6). The molecule has 22 heavy (non-hydrogen) atoms. The van der Waals surface area contributed by atoms with Crippen molar-refractivity contribution in [2.75, 3.05) is 0 Å². The van der Waals surface area contributed by atoms with Crippen molar-refractivity contribution in [3.8, 4) is 0 Å². The summed E-state index contributed by atoms with van der Waals surface area (Å²) in [5.41, 5.74) is 0.176. The van der Waals surface area contributed by atoms with Crippen molar-refractivity contribution in [1.82, 2.24) is 0 Å². The molecular formula is C10H12F8O4. The molecule has 0 amide bonds. The van der Waals surface area contributed by atoms with Gasteiger partial charge in [-0.25, -0.2) is 4.79 Å². The van der Waals surface area contributed by atoms with E-state index < -0.39 is 42.9 Å². The Balaban J connectivity index is 0. The summed E-state index contributed by atoms with van der Waals surface area (Å²) in [5.74, 6) is -25.6. The number of carboxylic acids is 1. The topological polar surface area (TPSA) is 77.8 Å². The molecule has 4 nitrogen and oxygen atoms in total. The van der Waals surface area contributed by atoms with E-state index in [4.69, 9.17) is 15.3 Å². The number of hydrogen-bond donors (Lipinski definition) is 3. The van der Waals surface area contributed by atoms with Gasteiger partial charge in [0.1, 0.15) is 0 Å². The van der Waals surface area contributed by atoms with E-state index in [2.05, 4.69) is 6.58 Å². The Morgan fingerprint density at radius 3 is 1.36 bits per heavy atom. The minimum Gasteiger partial charge on any atom is -0.478 e. The maximum absolute atomic E-state index is 12.4. The van der Waals surface area contributed by atoms with E-state index in [1.165, 1.54) is 6.92 Å². The quantitative estimate of drug-likeness (QED) is 0.405. The Hall–Kier alpha value is -1.43. The third kappa shape index (κ3) is 4.53. The molecule has 0 bridgehead atoms. The second-order valence-corrected chi connectivity index (χ2v) is 4.12. The summed E-state index contributed by atoms with van der Waals surface area (Å²) in [6.45, 7) is 3.91. The van der Waals surface area contributed by atoms with Crippen LogP contribution < -0.4 is 0 Å². The molecule has 0 aliphatic rings. The summed E-state index contributed by atoms with van der Waals surface area (Å²) in [7, 11) is 0. The highest BCUT2D eigenvalue weighted by molar-refractivity contribution is 5.84. The minimum absolute atomic E-state index is 0.176. The molecule has 3 N–H and O–H groups in total. The Morgan fingerprint density at radius 1 is 0.955 bits per heavy atom. The maximum atomic E-state index is 12.4. The molecule has 0 fully saturated rings.